The van der Waals surface area contributed by atoms with E-state index in [2.05, 4.69) is 11.9 Å². The molecule has 0 saturated heterocycles. The zero-order valence-corrected chi connectivity index (χ0v) is 17.8. The molecule has 4 rings (SSSR count). The average molecular weight is 434 g/mol. The summed E-state index contributed by atoms with van der Waals surface area (Å²) < 4.78 is 3.62. The number of thioether (sulfide) groups is 1. The van der Waals surface area contributed by atoms with Crippen molar-refractivity contribution in [3.05, 3.63) is 50.4 Å². The Balaban J connectivity index is 1.79. The van der Waals surface area contributed by atoms with Gasteiger partial charge in [-0.2, -0.15) is 4.98 Å². The van der Waals surface area contributed by atoms with Crippen LogP contribution >= 0.6 is 23.4 Å². The zero-order chi connectivity index (χ0) is 20.9. The van der Waals surface area contributed by atoms with Gasteiger partial charge in [0.15, 0.2) is 11.2 Å². The maximum atomic E-state index is 13.3. The Bertz CT molecular complexity index is 1250. The highest BCUT2D eigenvalue weighted by Crippen LogP contribution is 2.37. The van der Waals surface area contributed by atoms with Crippen LogP contribution in [0.1, 0.15) is 13.3 Å². The van der Waals surface area contributed by atoms with Crippen LogP contribution in [0.3, 0.4) is 0 Å². The number of aryl methyl sites for hydroxylation is 1. The lowest BCUT2D eigenvalue weighted by molar-refractivity contribution is -0.119. The van der Waals surface area contributed by atoms with Crippen molar-refractivity contribution in [1.82, 2.24) is 18.7 Å². The number of nitrogens with zero attached hydrogens (tertiary/aromatic N) is 5. The van der Waals surface area contributed by atoms with Gasteiger partial charge in [-0.1, -0.05) is 19.1 Å². The van der Waals surface area contributed by atoms with Crippen LogP contribution in [0.15, 0.2) is 38.8 Å². The molecule has 0 aliphatic carbocycles. The molecular formula is C19H20ClN5O3S. The number of anilines is 1. The van der Waals surface area contributed by atoms with Gasteiger partial charge in [0.25, 0.3) is 5.56 Å². The van der Waals surface area contributed by atoms with Gasteiger partial charge in [-0.15, -0.1) is 11.8 Å². The van der Waals surface area contributed by atoms with E-state index in [4.69, 9.17) is 11.6 Å². The molecule has 0 N–H and O–H groups in total. The molecule has 10 heteroatoms. The van der Waals surface area contributed by atoms with Crippen molar-refractivity contribution in [2.24, 2.45) is 14.1 Å². The molecule has 1 atom stereocenters. The summed E-state index contributed by atoms with van der Waals surface area (Å²) in [5.74, 6) is -0.191. The van der Waals surface area contributed by atoms with Crippen molar-refractivity contribution >= 4 is 46.1 Å². The third kappa shape index (κ3) is 3.28. The van der Waals surface area contributed by atoms with Crippen LogP contribution in [0.25, 0.3) is 11.2 Å². The Kier molecular flexibility index (Phi) is 5.04. The molecule has 8 nitrogen and oxygen atoms in total. The minimum atomic E-state index is -0.532. The lowest BCUT2D eigenvalue weighted by Gasteiger charge is -2.23. The van der Waals surface area contributed by atoms with Crippen LogP contribution in [-0.2, 0) is 25.4 Å². The summed E-state index contributed by atoms with van der Waals surface area (Å²) in [6.45, 7) is 2.57. The summed E-state index contributed by atoms with van der Waals surface area (Å²) in [6, 6.07) is 7.79. The normalized spacial score (nSPS) is 16.7. The number of carbonyl (C=O) groups is 1. The number of hydrogen-bond acceptors (Lipinski definition) is 5. The summed E-state index contributed by atoms with van der Waals surface area (Å²) in [5.41, 5.74) is 0.126. The van der Waals surface area contributed by atoms with Gasteiger partial charge in [0.1, 0.15) is 6.54 Å². The number of para-hydroxylation sites is 1. The number of imidazole rings is 1. The van der Waals surface area contributed by atoms with E-state index in [0.29, 0.717) is 11.8 Å². The fourth-order valence-electron chi connectivity index (χ4n) is 3.53. The van der Waals surface area contributed by atoms with Gasteiger partial charge in [-0.3, -0.25) is 23.3 Å². The van der Waals surface area contributed by atoms with Crippen LogP contribution in [-0.4, -0.2) is 36.4 Å². The van der Waals surface area contributed by atoms with Crippen molar-refractivity contribution < 1.29 is 4.79 Å². The van der Waals surface area contributed by atoms with Gasteiger partial charge >= 0.3 is 5.69 Å². The third-order valence-corrected chi connectivity index (χ3v) is 6.67. The highest BCUT2D eigenvalue weighted by molar-refractivity contribution is 8.00. The van der Waals surface area contributed by atoms with E-state index in [0.717, 1.165) is 21.6 Å². The largest absolute Gasteiger partial charge is 0.332 e. The lowest BCUT2D eigenvalue weighted by atomic mass is 10.2. The first-order valence-corrected chi connectivity index (χ1v) is 10.4. The maximum absolute atomic E-state index is 13.3. The molecule has 3 heterocycles. The number of fused-ring (bicyclic) bond motifs is 2. The second-order valence-corrected chi connectivity index (χ2v) is 8.89. The molecule has 1 aliphatic rings. The first-order chi connectivity index (χ1) is 13.8. The lowest BCUT2D eigenvalue weighted by Crippen LogP contribution is -2.39. The molecule has 3 aromatic rings. The number of carbonyl (C=O) groups excluding carboxylic acids is 1. The van der Waals surface area contributed by atoms with Gasteiger partial charge in [-0.25, -0.2) is 4.79 Å². The average Bonchev–Trinajstić information content (AvgIpc) is 2.91. The summed E-state index contributed by atoms with van der Waals surface area (Å²) >= 11 is 8.01. The van der Waals surface area contributed by atoms with Gasteiger partial charge in [-0.05, 0) is 30.2 Å². The highest BCUT2D eigenvalue weighted by Gasteiger charge is 2.26. The summed E-state index contributed by atoms with van der Waals surface area (Å²) in [4.78, 5) is 45.0. The first-order valence-electron chi connectivity index (χ1n) is 9.17. The Labute approximate surface area is 175 Å². The Morgan fingerprint density at radius 3 is 2.72 bits per heavy atom. The molecule has 152 valence electrons. The number of amides is 1. The van der Waals surface area contributed by atoms with E-state index in [9.17, 15) is 14.4 Å². The number of rotatable bonds is 2. The summed E-state index contributed by atoms with van der Waals surface area (Å²) in [5, 5.41) is 0.380. The third-order valence-electron chi connectivity index (χ3n) is 5.14. The second kappa shape index (κ2) is 7.38. The quantitative estimate of drug-likeness (QED) is 0.577. The molecule has 1 aliphatic heterocycles. The fourth-order valence-corrected chi connectivity index (χ4v) is 4.87. The molecule has 1 unspecified atom stereocenters. The van der Waals surface area contributed by atoms with Gasteiger partial charge in [0.2, 0.25) is 11.2 Å². The van der Waals surface area contributed by atoms with Crippen LogP contribution in [0, 0.1) is 0 Å². The second-order valence-electron chi connectivity index (χ2n) is 7.08. The van der Waals surface area contributed by atoms with Crippen LogP contribution in [0.2, 0.25) is 5.28 Å². The van der Waals surface area contributed by atoms with Crippen molar-refractivity contribution in [2.75, 3.05) is 11.4 Å². The molecule has 0 radical (unpaired) electrons. The molecule has 1 amide bonds. The molecule has 0 bridgehead atoms. The van der Waals surface area contributed by atoms with Gasteiger partial charge in [0, 0.05) is 30.8 Å². The predicted molar refractivity (Wildman–Crippen MR) is 114 cm³/mol. The van der Waals surface area contributed by atoms with Crippen LogP contribution in [0.4, 0.5) is 5.69 Å². The van der Waals surface area contributed by atoms with Crippen molar-refractivity contribution in [2.45, 2.75) is 30.0 Å². The van der Waals surface area contributed by atoms with E-state index in [-0.39, 0.29) is 28.9 Å². The zero-order valence-electron chi connectivity index (χ0n) is 16.3. The number of benzene rings is 1. The van der Waals surface area contributed by atoms with Gasteiger partial charge < -0.3 is 4.90 Å². The van der Waals surface area contributed by atoms with E-state index in [1.807, 2.05) is 24.3 Å². The van der Waals surface area contributed by atoms with Crippen LogP contribution < -0.4 is 16.1 Å². The molecule has 29 heavy (non-hydrogen) atoms. The van der Waals surface area contributed by atoms with Crippen molar-refractivity contribution in [1.29, 1.82) is 0 Å². The van der Waals surface area contributed by atoms with E-state index >= 15 is 0 Å². The van der Waals surface area contributed by atoms with E-state index in [1.54, 1.807) is 16.7 Å². The molecule has 0 saturated carbocycles. The van der Waals surface area contributed by atoms with Gasteiger partial charge in [0.05, 0.1) is 5.69 Å². The van der Waals surface area contributed by atoms with Crippen molar-refractivity contribution in [3.63, 3.8) is 0 Å². The van der Waals surface area contributed by atoms with Crippen LogP contribution in [0.5, 0.6) is 0 Å². The monoisotopic (exact) mass is 433 g/mol. The fraction of sp³-hybridized carbons (Fsp3) is 0.368. The minimum Gasteiger partial charge on any atom is -0.310 e. The molecular weight excluding hydrogens is 414 g/mol. The SMILES string of the molecule is CC1CCN(C(=O)Cn2c(Cl)nc3c2c(=O)n(C)c(=O)n3C)c2ccccc2S1. The smallest absolute Gasteiger partial charge is 0.310 e. The summed E-state index contributed by atoms with van der Waals surface area (Å²) in [7, 11) is 2.91. The van der Waals surface area contributed by atoms with Crippen molar-refractivity contribution in [3.8, 4) is 0 Å². The molecule has 2 aromatic heterocycles. The molecule has 1 aromatic carbocycles. The maximum Gasteiger partial charge on any atom is 0.332 e. The number of hydrogen-bond donors (Lipinski definition) is 0. The highest BCUT2D eigenvalue weighted by atomic mass is 35.5. The number of aromatic nitrogens is 4. The molecule has 0 fully saturated rings. The standard InChI is InChI=1S/C19H20ClN5O3S/c1-11-8-9-24(12-6-4-5-7-13(12)29-11)14(26)10-25-15-16(21-18(25)20)22(2)19(28)23(3)17(15)27/h4-7,11H,8-10H2,1-3H3. The van der Waals surface area contributed by atoms with E-state index in [1.165, 1.54) is 23.2 Å². The number of halogens is 1. The predicted octanol–water partition coefficient (Wildman–Crippen LogP) is 2.00. The Morgan fingerprint density at radius 2 is 1.97 bits per heavy atom. The van der Waals surface area contributed by atoms with E-state index < -0.39 is 11.2 Å². The minimum absolute atomic E-state index is 0.00231. The molecule has 0 spiro atoms. The summed E-state index contributed by atoms with van der Waals surface area (Å²) in [6.07, 6.45) is 0.847. The Hall–Kier alpha value is -2.52. The first kappa shape index (κ1) is 19.8. The Morgan fingerprint density at radius 1 is 1.24 bits per heavy atom. The topological polar surface area (TPSA) is 82.1 Å².